The van der Waals surface area contributed by atoms with E-state index in [4.69, 9.17) is 5.26 Å². The van der Waals surface area contributed by atoms with E-state index < -0.39 is 6.04 Å². The van der Waals surface area contributed by atoms with Crippen LogP contribution in [0.4, 0.5) is 5.69 Å². The van der Waals surface area contributed by atoms with Crippen molar-refractivity contribution in [1.82, 2.24) is 5.32 Å². The molecular weight excluding hydrogens is 238 g/mol. The number of hydrogen-bond donors (Lipinski definition) is 2. The second-order valence-corrected chi connectivity index (χ2v) is 5.70. The summed E-state index contributed by atoms with van der Waals surface area (Å²) in [7, 11) is 0. The fourth-order valence-electron chi connectivity index (χ4n) is 1.72. The van der Waals surface area contributed by atoms with E-state index in [1.54, 1.807) is 0 Å². The van der Waals surface area contributed by atoms with Crippen LogP contribution in [0.1, 0.15) is 32.8 Å². The lowest BCUT2D eigenvalue weighted by Crippen LogP contribution is -2.42. The molecule has 4 nitrogen and oxygen atoms in total. The minimum atomic E-state index is -0.524. The van der Waals surface area contributed by atoms with Gasteiger partial charge in [0.1, 0.15) is 6.04 Å². The summed E-state index contributed by atoms with van der Waals surface area (Å²) in [5.74, 6) is -0.126. The van der Waals surface area contributed by atoms with E-state index in [9.17, 15) is 4.79 Å². The van der Waals surface area contributed by atoms with Crippen molar-refractivity contribution in [2.45, 2.75) is 45.7 Å². The summed E-state index contributed by atoms with van der Waals surface area (Å²) in [4.78, 5) is 11.8. The Kier molecular flexibility index (Phi) is 4.94. The number of carbonyl (C=O) groups is 1. The fourth-order valence-corrected chi connectivity index (χ4v) is 1.72. The van der Waals surface area contributed by atoms with E-state index in [1.807, 2.05) is 52.0 Å². The highest BCUT2D eigenvalue weighted by Crippen LogP contribution is 2.12. The maximum atomic E-state index is 11.8. The molecule has 0 saturated carbocycles. The van der Waals surface area contributed by atoms with E-state index in [2.05, 4.69) is 16.7 Å². The lowest BCUT2D eigenvalue weighted by molar-refractivity contribution is -0.122. The van der Waals surface area contributed by atoms with Gasteiger partial charge < -0.3 is 10.6 Å². The Balaban J connectivity index is 2.60. The first kappa shape index (κ1) is 15.0. The van der Waals surface area contributed by atoms with Crippen molar-refractivity contribution in [2.75, 3.05) is 5.32 Å². The van der Waals surface area contributed by atoms with Gasteiger partial charge in [-0.25, -0.2) is 0 Å². The number of nitrogens with zero attached hydrogens (tertiary/aromatic N) is 1. The second kappa shape index (κ2) is 6.24. The normalized spacial score (nSPS) is 12.4. The number of rotatable bonds is 4. The first-order chi connectivity index (χ1) is 8.80. The first-order valence-electron chi connectivity index (χ1n) is 6.34. The van der Waals surface area contributed by atoms with Crippen molar-refractivity contribution in [3.63, 3.8) is 0 Å². The van der Waals surface area contributed by atoms with Gasteiger partial charge in [0.25, 0.3) is 0 Å². The van der Waals surface area contributed by atoms with Crippen LogP contribution in [0.15, 0.2) is 24.3 Å². The van der Waals surface area contributed by atoms with Crippen LogP contribution in [0, 0.1) is 18.3 Å². The predicted molar refractivity (Wildman–Crippen MR) is 76.7 cm³/mol. The topological polar surface area (TPSA) is 64.9 Å². The van der Waals surface area contributed by atoms with E-state index in [0.717, 1.165) is 11.3 Å². The number of benzene rings is 1. The minimum absolute atomic E-state index is 0.126. The molecule has 1 atom stereocenters. The van der Waals surface area contributed by atoms with Crippen LogP contribution >= 0.6 is 0 Å². The van der Waals surface area contributed by atoms with Crippen LogP contribution in [-0.4, -0.2) is 17.5 Å². The molecule has 19 heavy (non-hydrogen) atoms. The lowest BCUT2D eigenvalue weighted by Gasteiger charge is -2.21. The lowest BCUT2D eigenvalue weighted by atomic mass is 10.1. The number of nitriles is 1. The quantitative estimate of drug-likeness (QED) is 0.873. The Morgan fingerprint density at radius 1 is 1.42 bits per heavy atom. The van der Waals surface area contributed by atoms with Crippen LogP contribution in [0.25, 0.3) is 0 Å². The summed E-state index contributed by atoms with van der Waals surface area (Å²) < 4.78 is 0. The number of carbonyl (C=O) groups excluding carboxylic acids is 1. The monoisotopic (exact) mass is 259 g/mol. The molecule has 102 valence electrons. The molecule has 0 fully saturated rings. The molecule has 0 aliphatic carbocycles. The molecular formula is C15H21N3O. The second-order valence-electron chi connectivity index (χ2n) is 5.70. The molecule has 0 aliphatic heterocycles. The third-order valence-electron chi connectivity index (χ3n) is 2.42. The molecule has 1 amide bonds. The number of aryl methyl sites for hydroxylation is 1. The fraction of sp³-hybridized carbons (Fsp3) is 0.467. The van der Waals surface area contributed by atoms with Gasteiger partial charge in [-0.3, -0.25) is 4.79 Å². The van der Waals surface area contributed by atoms with Crippen molar-refractivity contribution in [2.24, 2.45) is 0 Å². The van der Waals surface area contributed by atoms with Crippen LogP contribution in [0.2, 0.25) is 0 Å². The SMILES string of the molecule is Cc1cccc(NC(C#N)CC(=O)NC(C)(C)C)c1. The molecule has 2 N–H and O–H groups in total. The van der Waals surface area contributed by atoms with Crippen molar-refractivity contribution >= 4 is 11.6 Å². The van der Waals surface area contributed by atoms with Crippen LogP contribution in [0.3, 0.4) is 0 Å². The molecule has 0 radical (unpaired) electrons. The van der Waals surface area contributed by atoms with Crippen LogP contribution in [0.5, 0.6) is 0 Å². The van der Waals surface area contributed by atoms with E-state index in [0.29, 0.717) is 0 Å². The Bertz CT molecular complexity index is 483. The summed E-state index contributed by atoms with van der Waals surface area (Å²) in [6, 6.07) is 9.33. The molecule has 0 heterocycles. The average molecular weight is 259 g/mol. The number of nitrogens with one attached hydrogen (secondary N) is 2. The molecule has 0 bridgehead atoms. The highest BCUT2D eigenvalue weighted by Gasteiger charge is 2.18. The number of hydrogen-bond acceptors (Lipinski definition) is 3. The smallest absolute Gasteiger partial charge is 0.223 e. The standard InChI is InChI=1S/C15H21N3O/c1-11-6-5-7-12(8-11)17-13(10-16)9-14(19)18-15(2,3)4/h5-8,13,17H,9H2,1-4H3,(H,18,19). The summed E-state index contributed by atoms with van der Waals surface area (Å²) in [5, 5.41) is 15.0. The first-order valence-corrected chi connectivity index (χ1v) is 6.34. The predicted octanol–water partition coefficient (Wildman–Crippen LogP) is 2.60. The molecule has 0 saturated heterocycles. The largest absolute Gasteiger partial charge is 0.369 e. The summed E-state index contributed by atoms with van der Waals surface area (Å²) in [5.41, 5.74) is 1.69. The maximum absolute atomic E-state index is 11.8. The third-order valence-corrected chi connectivity index (χ3v) is 2.42. The van der Waals surface area contributed by atoms with Gasteiger partial charge in [0.05, 0.1) is 12.5 Å². The van der Waals surface area contributed by atoms with Gasteiger partial charge in [-0.15, -0.1) is 0 Å². The molecule has 1 aromatic rings. The van der Waals surface area contributed by atoms with E-state index in [-0.39, 0.29) is 17.9 Å². The Hall–Kier alpha value is -2.02. The van der Waals surface area contributed by atoms with Crippen molar-refractivity contribution in [3.05, 3.63) is 29.8 Å². The summed E-state index contributed by atoms with van der Waals surface area (Å²) in [6.45, 7) is 7.74. The van der Waals surface area contributed by atoms with Gasteiger partial charge in [-0.05, 0) is 45.4 Å². The zero-order valence-electron chi connectivity index (χ0n) is 11.9. The van der Waals surface area contributed by atoms with Crippen LogP contribution in [-0.2, 0) is 4.79 Å². The van der Waals surface area contributed by atoms with Gasteiger partial charge in [0.15, 0.2) is 0 Å². The maximum Gasteiger partial charge on any atom is 0.223 e. The molecule has 0 aromatic heterocycles. The molecule has 4 heteroatoms. The van der Waals surface area contributed by atoms with E-state index >= 15 is 0 Å². The Morgan fingerprint density at radius 3 is 2.63 bits per heavy atom. The Morgan fingerprint density at radius 2 is 2.11 bits per heavy atom. The number of amides is 1. The zero-order valence-corrected chi connectivity index (χ0v) is 11.9. The summed E-state index contributed by atoms with van der Waals surface area (Å²) >= 11 is 0. The van der Waals surface area contributed by atoms with Gasteiger partial charge in [-0.2, -0.15) is 5.26 Å². The summed E-state index contributed by atoms with van der Waals surface area (Å²) in [6.07, 6.45) is 0.141. The van der Waals surface area contributed by atoms with Crippen molar-refractivity contribution < 1.29 is 4.79 Å². The van der Waals surface area contributed by atoms with Crippen molar-refractivity contribution in [1.29, 1.82) is 5.26 Å². The van der Waals surface area contributed by atoms with Crippen molar-refractivity contribution in [3.8, 4) is 6.07 Å². The number of anilines is 1. The third kappa shape index (κ3) is 5.91. The molecule has 0 aliphatic rings. The molecule has 1 aromatic carbocycles. The van der Waals surface area contributed by atoms with Gasteiger partial charge in [0, 0.05) is 11.2 Å². The molecule has 1 rings (SSSR count). The van der Waals surface area contributed by atoms with Gasteiger partial charge in [-0.1, -0.05) is 12.1 Å². The van der Waals surface area contributed by atoms with Gasteiger partial charge >= 0.3 is 0 Å². The van der Waals surface area contributed by atoms with Gasteiger partial charge in [0.2, 0.25) is 5.91 Å². The molecule has 1 unspecified atom stereocenters. The highest BCUT2D eigenvalue weighted by atomic mass is 16.1. The van der Waals surface area contributed by atoms with Crippen LogP contribution < -0.4 is 10.6 Å². The molecule has 0 spiro atoms. The van der Waals surface area contributed by atoms with E-state index in [1.165, 1.54) is 0 Å². The zero-order chi connectivity index (χ0) is 14.5. The average Bonchev–Trinajstić information content (AvgIpc) is 2.25. The Labute approximate surface area is 114 Å². The minimum Gasteiger partial charge on any atom is -0.369 e. The highest BCUT2D eigenvalue weighted by molar-refractivity contribution is 5.78.